The van der Waals surface area contributed by atoms with Gasteiger partial charge in [-0.2, -0.15) is 0 Å². The molecule has 0 amide bonds. The summed E-state index contributed by atoms with van der Waals surface area (Å²) in [6.45, 7) is 9.23. The molecule has 1 aliphatic rings. The second kappa shape index (κ2) is 6.05. The second-order valence-electron chi connectivity index (χ2n) is 6.89. The first-order valence-electron chi connectivity index (χ1n) is 7.09. The summed E-state index contributed by atoms with van der Waals surface area (Å²) in [7, 11) is 0. The molecule has 0 aromatic heterocycles. The lowest BCUT2D eigenvalue weighted by Gasteiger charge is -2.36. The van der Waals surface area contributed by atoms with Gasteiger partial charge in [0.2, 0.25) is 0 Å². The van der Waals surface area contributed by atoms with Crippen molar-refractivity contribution in [2.75, 3.05) is 0 Å². The van der Waals surface area contributed by atoms with E-state index in [-0.39, 0.29) is 6.10 Å². The number of rotatable bonds is 5. The molecule has 16 heavy (non-hydrogen) atoms. The van der Waals surface area contributed by atoms with E-state index >= 15 is 0 Å². The lowest BCUT2D eigenvalue weighted by atomic mass is 9.71. The van der Waals surface area contributed by atoms with Gasteiger partial charge in [-0.15, -0.1) is 0 Å². The highest BCUT2D eigenvalue weighted by molar-refractivity contribution is 4.81. The molecule has 0 radical (unpaired) electrons. The molecule has 0 aromatic rings. The summed E-state index contributed by atoms with van der Waals surface area (Å²) < 4.78 is 0. The Morgan fingerprint density at radius 2 is 1.69 bits per heavy atom. The van der Waals surface area contributed by atoms with Crippen LogP contribution in [0.5, 0.6) is 0 Å². The molecule has 96 valence electrons. The Morgan fingerprint density at radius 1 is 1.12 bits per heavy atom. The summed E-state index contributed by atoms with van der Waals surface area (Å²) in [6, 6.07) is 0. The Balaban J connectivity index is 2.20. The zero-order valence-electron chi connectivity index (χ0n) is 11.6. The van der Waals surface area contributed by atoms with E-state index in [2.05, 4.69) is 27.7 Å². The minimum atomic E-state index is -0.0325. The van der Waals surface area contributed by atoms with Crippen molar-refractivity contribution < 1.29 is 5.11 Å². The van der Waals surface area contributed by atoms with Crippen molar-refractivity contribution in [2.24, 2.45) is 17.3 Å². The molecule has 1 fully saturated rings. The number of hydrogen-bond donors (Lipinski definition) is 1. The highest BCUT2D eigenvalue weighted by Crippen LogP contribution is 2.39. The minimum absolute atomic E-state index is 0.0325. The van der Waals surface area contributed by atoms with Gasteiger partial charge in [0.05, 0.1) is 6.10 Å². The highest BCUT2D eigenvalue weighted by Gasteiger charge is 2.30. The van der Waals surface area contributed by atoms with Crippen molar-refractivity contribution in [3.8, 4) is 0 Å². The fourth-order valence-electron chi connectivity index (χ4n) is 2.78. The molecule has 0 spiro atoms. The first-order valence-corrected chi connectivity index (χ1v) is 7.09. The molecular formula is C15H30O. The predicted octanol–water partition coefficient (Wildman–Crippen LogP) is 4.39. The van der Waals surface area contributed by atoms with Gasteiger partial charge in [0.15, 0.2) is 0 Å². The minimum Gasteiger partial charge on any atom is -0.393 e. The van der Waals surface area contributed by atoms with Crippen LogP contribution in [0.1, 0.15) is 72.6 Å². The summed E-state index contributed by atoms with van der Waals surface area (Å²) in [5.41, 5.74) is 0.522. The van der Waals surface area contributed by atoms with Crippen LogP contribution in [-0.2, 0) is 0 Å². The molecule has 1 unspecified atom stereocenters. The maximum absolute atomic E-state index is 10.2. The maximum atomic E-state index is 10.2. The maximum Gasteiger partial charge on any atom is 0.0568 e. The summed E-state index contributed by atoms with van der Waals surface area (Å²) in [4.78, 5) is 0. The molecule has 1 atom stereocenters. The van der Waals surface area contributed by atoms with Crippen LogP contribution in [0.3, 0.4) is 0 Å². The van der Waals surface area contributed by atoms with Crippen LogP contribution in [0.15, 0.2) is 0 Å². The lowest BCUT2D eigenvalue weighted by molar-refractivity contribution is 0.0492. The summed E-state index contributed by atoms with van der Waals surface area (Å²) >= 11 is 0. The quantitative estimate of drug-likeness (QED) is 0.737. The Kier molecular flexibility index (Phi) is 5.30. The van der Waals surface area contributed by atoms with Crippen molar-refractivity contribution in [3.63, 3.8) is 0 Å². The van der Waals surface area contributed by atoms with Gasteiger partial charge in [-0.3, -0.25) is 0 Å². The molecule has 0 heterocycles. The molecule has 0 saturated heterocycles. The fourth-order valence-corrected chi connectivity index (χ4v) is 2.78. The van der Waals surface area contributed by atoms with Gasteiger partial charge >= 0.3 is 0 Å². The molecule has 1 N–H and O–H groups in total. The zero-order chi connectivity index (χ0) is 12.2. The molecule has 1 rings (SSSR count). The molecule has 1 saturated carbocycles. The Morgan fingerprint density at radius 3 is 2.19 bits per heavy atom. The Bertz CT molecular complexity index is 186. The van der Waals surface area contributed by atoms with Crippen LogP contribution < -0.4 is 0 Å². The average Bonchev–Trinajstić information content (AvgIpc) is 2.16. The third-order valence-electron chi connectivity index (χ3n) is 4.21. The van der Waals surface area contributed by atoms with Crippen LogP contribution in [0.4, 0.5) is 0 Å². The SMILES string of the molecule is CC(C)CCCC(O)C1CCC(C)(C)CC1. The smallest absolute Gasteiger partial charge is 0.0568 e. The van der Waals surface area contributed by atoms with Gasteiger partial charge < -0.3 is 5.11 Å². The number of aliphatic hydroxyl groups excluding tert-OH is 1. The molecule has 1 heteroatoms. The molecule has 0 aromatic carbocycles. The van der Waals surface area contributed by atoms with E-state index in [0.717, 1.165) is 12.3 Å². The molecule has 0 bridgehead atoms. The van der Waals surface area contributed by atoms with E-state index in [4.69, 9.17) is 0 Å². The van der Waals surface area contributed by atoms with Gasteiger partial charge in [0, 0.05) is 0 Å². The summed E-state index contributed by atoms with van der Waals surface area (Å²) in [5.74, 6) is 1.36. The van der Waals surface area contributed by atoms with Crippen LogP contribution in [0.2, 0.25) is 0 Å². The van der Waals surface area contributed by atoms with E-state index in [0.29, 0.717) is 11.3 Å². The zero-order valence-corrected chi connectivity index (χ0v) is 11.6. The average molecular weight is 226 g/mol. The van der Waals surface area contributed by atoms with Crippen molar-refractivity contribution in [3.05, 3.63) is 0 Å². The topological polar surface area (TPSA) is 20.2 Å². The number of aliphatic hydroxyl groups is 1. The van der Waals surface area contributed by atoms with E-state index in [1.165, 1.54) is 38.5 Å². The van der Waals surface area contributed by atoms with Crippen LogP contribution in [0, 0.1) is 17.3 Å². The lowest BCUT2D eigenvalue weighted by Crippen LogP contribution is -2.29. The van der Waals surface area contributed by atoms with Gasteiger partial charge in [0.1, 0.15) is 0 Å². The first kappa shape index (κ1) is 14.0. The summed E-state index contributed by atoms with van der Waals surface area (Å²) in [5, 5.41) is 10.2. The first-order chi connectivity index (χ1) is 7.41. The van der Waals surface area contributed by atoms with E-state index in [1.54, 1.807) is 0 Å². The van der Waals surface area contributed by atoms with Crippen molar-refractivity contribution in [1.82, 2.24) is 0 Å². The molecular weight excluding hydrogens is 196 g/mol. The van der Waals surface area contributed by atoms with Gasteiger partial charge in [-0.05, 0) is 49.4 Å². The van der Waals surface area contributed by atoms with Gasteiger partial charge in [0.25, 0.3) is 0 Å². The van der Waals surface area contributed by atoms with Crippen molar-refractivity contribution in [2.45, 2.75) is 78.7 Å². The molecule has 1 aliphatic carbocycles. The second-order valence-corrected chi connectivity index (χ2v) is 6.89. The van der Waals surface area contributed by atoms with Gasteiger partial charge in [-0.25, -0.2) is 0 Å². The van der Waals surface area contributed by atoms with Gasteiger partial charge in [-0.1, -0.05) is 40.5 Å². The predicted molar refractivity (Wildman–Crippen MR) is 70.4 cm³/mol. The Hall–Kier alpha value is -0.0400. The van der Waals surface area contributed by atoms with Crippen LogP contribution >= 0.6 is 0 Å². The normalized spacial score (nSPS) is 23.6. The van der Waals surface area contributed by atoms with E-state index in [1.807, 2.05) is 0 Å². The van der Waals surface area contributed by atoms with Crippen LogP contribution in [-0.4, -0.2) is 11.2 Å². The third kappa shape index (κ3) is 4.86. The third-order valence-corrected chi connectivity index (χ3v) is 4.21. The monoisotopic (exact) mass is 226 g/mol. The number of hydrogen-bond acceptors (Lipinski definition) is 1. The molecule has 1 nitrogen and oxygen atoms in total. The largest absolute Gasteiger partial charge is 0.393 e. The van der Waals surface area contributed by atoms with E-state index < -0.39 is 0 Å². The highest BCUT2D eigenvalue weighted by atomic mass is 16.3. The Labute approximate surface area is 102 Å². The van der Waals surface area contributed by atoms with Crippen molar-refractivity contribution >= 4 is 0 Å². The van der Waals surface area contributed by atoms with E-state index in [9.17, 15) is 5.11 Å². The standard InChI is InChI=1S/C15H30O/c1-12(2)6-5-7-14(16)13-8-10-15(3,4)11-9-13/h12-14,16H,5-11H2,1-4H3. The molecule has 0 aliphatic heterocycles. The fraction of sp³-hybridized carbons (Fsp3) is 1.00. The summed E-state index contributed by atoms with van der Waals surface area (Å²) in [6.07, 6.45) is 8.48. The van der Waals surface area contributed by atoms with Crippen molar-refractivity contribution in [1.29, 1.82) is 0 Å². The van der Waals surface area contributed by atoms with Crippen LogP contribution in [0.25, 0.3) is 0 Å².